The lowest BCUT2D eigenvalue weighted by molar-refractivity contribution is 0.509. The van der Waals surface area contributed by atoms with E-state index in [4.69, 9.17) is 9.40 Å². The van der Waals surface area contributed by atoms with Gasteiger partial charge in [-0.05, 0) is 49.8 Å². The van der Waals surface area contributed by atoms with Crippen LogP contribution in [-0.4, -0.2) is 9.97 Å². The number of aromatic amines is 1. The predicted octanol–water partition coefficient (Wildman–Crippen LogP) is 4.70. The second-order valence-electron chi connectivity index (χ2n) is 6.52. The summed E-state index contributed by atoms with van der Waals surface area (Å²) in [6, 6.07) is 3.86. The summed E-state index contributed by atoms with van der Waals surface area (Å²) in [7, 11) is 0. The first-order chi connectivity index (χ1) is 11.6. The third kappa shape index (κ3) is 2.93. The Morgan fingerprint density at radius 1 is 1.54 bits per heavy atom. The molecule has 0 amide bonds. The maximum Gasteiger partial charge on any atom is 0.259 e. The summed E-state index contributed by atoms with van der Waals surface area (Å²) in [5, 5.41) is 0.944. The molecule has 0 fully saturated rings. The molecule has 6 heteroatoms. The Labute approximate surface area is 148 Å². The fourth-order valence-electron chi connectivity index (χ4n) is 3.24. The van der Waals surface area contributed by atoms with Crippen LogP contribution in [0.3, 0.4) is 0 Å². The van der Waals surface area contributed by atoms with Crippen molar-refractivity contribution in [2.45, 2.75) is 44.1 Å². The third-order valence-corrected chi connectivity index (χ3v) is 6.95. The zero-order valence-corrected chi connectivity index (χ0v) is 15.4. The Morgan fingerprint density at radius 3 is 3.21 bits per heavy atom. The summed E-state index contributed by atoms with van der Waals surface area (Å²) in [6.45, 7) is 4.36. The highest BCUT2D eigenvalue weighted by Gasteiger charge is 2.23. The molecule has 4 nitrogen and oxygen atoms in total. The van der Waals surface area contributed by atoms with E-state index in [1.165, 1.54) is 10.4 Å². The van der Waals surface area contributed by atoms with Crippen molar-refractivity contribution >= 4 is 33.3 Å². The molecule has 0 saturated heterocycles. The van der Waals surface area contributed by atoms with Crippen molar-refractivity contribution in [2.75, 3.05) is 0 Å². The fraction of sp³-hybridized carbons (Fsp3) is 0.444. The summed E-state index contributed by atoms with van der Waals surface area (Å²) in [5.74, 6) is 3.17. The molecule has 1 aliphatic carbocycles. The van der Waals surface area contributed by atoms with Crippen molar-refractivity contribution in [3.05, 3.63) is 50.8 Å². The van der Waals surface area contributed by atoms with E-state index >= 15 is 0 Å². The lowest BCUT2D eigenvalue weighted by Gasteiger charge is -2.17. The number of hydrogen-bond donors (Lipinski definition) is 1. The van der Waals surface area contributed by atoms with E-state index in [1.54, 1.807) is 29.4 Å². The average molecular weight is 361 g/mol. The van der Waals surface area contributed by atoms with E-state index in [-0.39, 0.29) is 10.8 Å². The first kappa shape index (κ1) is 16.0. The topological polar surface area (TPSA) is 58.9 Å². The minimum absolute atomic E-state index is 0.0208. The number of H-pyrrole nitrogens is 1. The Bertz CT molecular complexity index is 911. The molecule has 24 heavy (non-hydrogen) atoms. The van der Waals surface area contributed by atoms with E-state index in [0.29, 0.717) is 5.92 Å². The largest absolute Gasteiger partial charge is 0.468 e. The Balaban J connectivity index is 1.64. The van der Waals surface area contributed by atoms with Crippen LogP contribution in [0.2, 0.25) is 0 Å². The van der Waals surface area contributed by atoms with E-state index in [1.807, 2.05) is 12.1 Å². The highest BCUT2D eigenvalue weighted by Crippen LogP contribution is 2.37. The highest BCUT2D eigenvalue weighted by molar-refractivity contribution is 7.98. The first-order valence-corrected chi connectivity index (χ1v) is 10.2. The van der Waals surface area contributed by atoms with E-state index in [2.05, 4.69) is 18.8 Å². The number of fused-ring (bicyclic) bond motifs is 3. The molecule has 0 aliphatic heterocycles. The smallest absolute Gasteiger partial charge is 0.259 e. The molecule has 1 aliphatic rings. The van der Waals surface area contributed by atoms with Crippen LogP contribution in [-0.2, 0) is 18.6 Å². The van der Waals surface area contributed by atoms with Crippen LogP contribution in [0, 0.1) is 5.92 Å². The Kier molecular flexibility index (Phi) is 4.26. The van der Waals surface area contributed by atoms with Gasteiger partial charge in [0.1, 0.15) is 16.4 Å². The summed E-state index contributed by atoms with van der Waals surface area (Å²) in [6.07, 6.45) is 4.93. The lowest BCUT2D eigenvalue weighted by atomic mass is 9.89. The molecule has 0 aromatic carbocycles. The van der Waals surface area contributed by atoms with Gasteiger partial charge in [-0.1, -0.05) is 6.92 Å². The first-order valence-electron chi connectivity index (χ1n) is 8.30. The average Bonchev–Trinajstić information content (AvgIpc) is 3.18. The van der Waals surface area contributed by atoms with Gasteiger partial charge in [0.25, 0.3) is 5.56 Å². The standard InChI is InChI=1S/C18H20N2O2S2/c1-10-5-6-13-14(8-10)24-18-15(13)17(21)19-16(20-18)11(2)23-9-12-4-3-7-22-12/h3-4,7,10-11H,5-6,8-9H2,1-2H3,(H,19,20,21)/t10-,11+/m0/s1. The Hall–Kier alpha value is -1.53. The number of furan rings is 1. The van der Waals surface area contributed by atoms with Crippen molar-refractivity contribution < 1.29 is 4.42 Å². The molecule has 0 unspecified atom stereocenters. The predicted molar refractivity (Wildman–Crippen MR) is 99.8 cm³/mol. The van der Waals surface area contributed by atoms with Gasteiger partial charge in [-0.15, -0.1) is 23.1 Å². The highest BCUT2D eigenvalue weighted by atomic mass is 32.2. The summed E-state index contributed by atoms with van der Waals surface area (Å²) in [4.78, 5) is 22.7. The van der Waals surface area contributed by atoms with Gasteiger partial charge in [-0.25, -0.2) is 4.98 Å². The van der Waals surface area contributed by atoms with Crippen LogP contribution in [0.15, 0.2) is 27.6 Å². The van der Waals surface area contributed by atoms with Crippen LogP contribution < -0.4 is 5.56 Å². The van der Waals surface area contributed by atoms with Crippen LogP contribution >= 0.6 is 23.1 Å². The normalized spacial score (nSPS) is 18.7. The second kappa shape index (κ2) is 6.41. The van der Waals surface area contributed by atoms with E-state index < -0.39 is 0 Å². The number of nitrogens with one attached hydrogen (secondary N) is 1. The van der Waals surface area contributed by atoms with Crippen LogP contribution in [0.25, 0.3) is 10.2 Å². The molecule has 3 heterocycles. The number of aromatic nitrogens is 2. The van der Waals surface area contributed by atoms with Crippen molar-refractivity contribution in [1.29, 1.82) is 0 Å². The lowest BCUT2D eigenvalue weighted by Crippen LogP contribution is -2.15. The molecule has 3 aromatic heterocycles. The number of nitrogens with zero attached hydrogens (tertiary/aromatic N) is 1. The van der Waals surface area contributed by atoms with Crippen molar-refractivity contribution in [3.8, 4) is 0 Å². The van der Waals surface area contributed by atoms with Crippen molar-refractivity contribution in [3.63, 3.8) is 0 Å². The zero-order chi connectivity index (χ0) is 16.7. The number of aryl methyl sites for hydroxylation is 1. The van der Waals surface area contributed by atoms with Gasteiger partial charge in [0.15, 0.2) is 0 Å². The van der Waals surface area contributed by atoms with Crippen molar-refractivity contribution in [2.24, 2.45) is 5.92 Å². The van der Waals surface area contributed by atoms with Gasteiger partial charge < -0.3 is 9.40 Å². The summed E-state index contributed by atoms with van der Waals surface area (Å²) in [5.41, 5.74) is 1.26. The van der Waals surface area contributed by atoms with Gasteiger partial charge in [-0.2, -0.15) is 0 Å². The molecule has 2 atom stereocenters. The summed E-state index contributed by atoms with van der Waals surface area (Å²) < 4.78 is 5.37. The molecule has 126 valence electrons. The van der Waals surface area contributed by atoms with Gasteiger partial charge in [-0.3, -0.25) is 4.79 Å². The fourth-order valence-corrected chi connectivity index (χ4v) is 5.48. The number of thiophene rings is 1. The molecule has 0 saturated carbocycles. The van der Waals surface area contributed by atoms with Crippen molar-refractivity contribution in [1.82, 2.24) is 9.97 Å². The maximum absolute atomic E-state index is 12.6. The van der Waals surface area contributed by atoms with E-state index in [0.717, 1.165) is 46.8 Å². The quantitative estimate of drug-likeness (QED) is 0.733. The van der Waals surface area contributed by atoms with E-state index in [9.17, 15) is 4.79 Å². The van der Waals surface area contributed by atoms with Gasteiger partial charge in [0, 0.05) is 4.88 Å². The Morgan fingerprint density at radius 2 is 2.42 bits per heavy atom. The third-order valence-electron chi connectivity index (χ3n) is 4.62. The van der Waals surface area contributed by atoms with Crippen LogP contribution in [0.5, 0.6) is 0 Å². The monoisotopic (exact) mass is 360 g/mol. The second-order valence-corrected chi connectivity index (χ2v) is 8.93. The molecule has 3 aromatic rings. The van der Waals surface area contributed by atoms with Gasteiger partial charge in [0.2, 0.25) is 0 Å². The van der Waals surface area contributed by atoms with Gasteiger partial charge in [0.05, 0.1) is 22.7 Å². The minimum atomic E-state index is 0.0208. The molecule has 0 spiro atoms. The molecule has 1 N–H and O–H groups in total. The zero-order valence-electron chi connectivity index (χ0n) is 13.8. The molecular weight excluding hydrogens is 340 g/mol. The molecule has 0 radical (unpaired) electrons. The van der Waals surface area contributed by atoms with Crippen LogP contribution in [0.1, 0.15) is 47.5 Å². The minimum Gasteiger partial charge on any atom is -0.468 e. The van der Waals surface area contributed by atoms with Gasteiger partial charge >= 0.3 is 0 Å². The summed E-state index contributed by atoms with van der Waals surface area (Å²) >= 11 is 3.42. The molecule has 4 rings (SSSR count). The number of hydrogen-bond acceptors (Lipinski definition) is 5. The molecule has 0 bridgehead atoms. The van der Waals surface area contributed by atoms with Crippen LogP contribution in [0.4, 0.5) is 0 Å². The SMILES string of the molecule is C[C@H]1CCc2c(sc3nc([C@@H](C)SCc4ccco4)[nH]c(=O)c23)C1. The number of thioether (sulfide) groups is 1. The maximum atomic E-state index is 12.6. The molecular formula is C18H20N2O2S2. The number of rotatable bonds is 4.